The molecule has 23 heavy (non-hydrogen) atoms. The molecule has 1 N–H and O–H groups in total. The minimum absolute atomic E-state index is 0.0118. The lowest BCUT2D eigenvalue weighted by atomic mass is 9.86. The average Bonchev–Trinajstić information content (AvgIpc) is 3.10. The molecule has 0 radical (unpaired) electrons. The minimum atomic E-state index is -0.272. The number of aromatic nitrogens is 1. The van der Waals surface area contributed by atoms with E-state index in [4.69, 9.17) is 0 Å². The van der Waals surface area contributed by atoms with Crippen LogP contribution in [0.25, 0.3) is 0 Å². The summed E-state index contributed by atoms with van der Waals surface area (Å²) >= 11 is 0. The number of anilines is 1. The maximum Gasteiger partial charge on any atom is 0.257 e. The molecule has 1 aliphatic heterocycles. The van der Waals surface area contributed by atoms with Crippen LogP contribution in [0, 0.1) is 5.92 Å². The van der Waals surface area contributed by atoms with Gasteiger partial charge in [-0.2, -0.15) is 0 Å². The van der Waals surface area contributed by atoms with E-state index < -0.39 is 0 Å². The van der Waals surface area contributed by atoms with Crippen molar-refractivity contribution in [3.8, 4) is 0 Å². The van der Waals surface area contributed by atoms with Gasteiger partial charge in [0, 0.05) is 38.8 Å². The molecule has 1 aromatic rings. The van der Waals surface area contributed by atoms with E-state index in [1.54, 1.807) is 11.1 Å². The maximum atomic E-state index is 12.9. The molecular weight excluding hydrogens is 290 g/mol. The van der Waals surface area contributed by atoms with Gasteiger partial charge in [0.25, 0.3) is 5.91 Å². The van der Waals surface area contributed by atoms with Crippen molar-refractivity contribution in [2.24, 2.45) is 5.92 Å². The normalized spacial score (nSPS) is 24.7. The van der Waals surface area contributed by atoms with Gasteiger partial charge in [0.1, 0.15) is 5.82 Å². The van der Waals surface area contributed by atoms with Gasteiger partial charge in [-0.1, -0.05) is 12.8 Å². The van der Waals surface area contributed by atoms with Gasteiger partial charge in [-0.05, 0) is 37.8 Å². The Kier molecular flexibility index (Phi) is 5.16. The summed E-state index contributed by atoms with van der Waals surface area (Å²) in [5, 5.41) is 10.1. The summed E-state index contributed by atoms with van der Waals surface area (Å²) in [6.07, 6.45) is 7.92. The Bertz CT molecular complexity index is 543. The number of hydrogen-bond donors (Lipinski definition) is 1. The molecule has 1 saturated heterocycles. The zero-order valence-electron chi connectivity index (χ0n) is 13.9. The highest BCUT2D eigenvalue weighted by Gasteiger charge is 2.28. The number of nitrogens with zero attached hydrogens (tertiary/aromatic N) is 3. The third kappa shape index (κ3) is 3.66. The zero-order chi connectivity index (χ0) is 16.2. The number of hydrogen-bond acceptors (Lipinski definition) is 4. The third-order valence-corrected chi connectivity index (χ3v) is 5.15. The SMILES string of the molecule is CN(CC1CCCCC1O)C(=O)c1cccnc1N1CCCC1. The van der Waals surface area contributed by atoms with Crippen molar-refractivity contribution in [3.05, 3.63) is 23.9 Å². The van der Waals surface area contributed by atoms with Crippen LogP contribution in [0.3, 0.4) is 0 Å². The van der Waals surface area contributed by atoms with Crippen molar-refractivity contribution in [2.75, 3.05) is 31.6 Å². The number of carbonyl (C=O) groups excluding carboxylic acids is 1. The summed E-state index contributed by atoms with van der Waals surface area (Å²) in [5.74, 6) is 1.02. The fraction of sp³-hybridized carbons (Fsp3) is 0.667. The number of carbonyl (C=O) groups is 1. The van der Waals surface area contributed by atoms with E-state index in [1.807, 2.05) is 19.2 Å². The van der Waals surface area contributed by atoms with E-state index in [1.165, 1.54) is 0 Å². The highest BCUT2D eigenvalue weighted by atomic mass is 16.3. The molecule has 1 aromatic heterocycles. The van der Waals surface area contributed by atoms with Gasteiger partial charge >= 0.3 is 0 Å². The molecule has 0 aromatic carbocycles. The van der Waals surface area contributed by atoms with Crippen LogP contribution < -0.4 is 4.90 Å². The first-order chi connectivity index (χ1) is 11.2. The van der Waals surface area contributed by atoms with Crippen molar-refractivity contribution < 1.29 is 9.90 Å². The van der Waals surface area contributed by atoms with Crippen molar-refractivity contribution in [1.82, 2.24) is 9.88 Å². The van der Waals surface area contributed by atoms with Gasteiger partial charge in [-0.3, -0.25) is 4.79 Å². The van der Waals surface area contributed by atoms with Crippen molar-refractivity contribution in [2.45, 2.75) is 44.6 Å². The summed E-state index contributed by atoms with van der Waals surface area (Å²) in [4.78, 5) is 21.3. The second-order valence-electron chi connectivity index (χ2n) is 6.87. The molecule has 1 saturated carbocycles. The van der Waals surface area contributed by atoms with Crippen LogP contribution >= 0.6 is 0 Å². The van der Waals surface area contributed by atoms with Crippen LogP contribution in [0.2, 0.25) is 0 Å². The van der Waals surface area contributed by atoms with Gasteiger partial charge in [-0.15, -0.1) is 0 Å². The largest absolute Gasteiger partial charge is 0.393 e. The van der Waals surface area contributed by atoms with E-state index >= 15 is 0 Å². The Morgan fingerprint density at radius 3 is 2.78 bits per heavy atom. The van der Waals surface area contributed by atoms with Gasteiger partial charge in [0.15, 0.2) is 0 Å². The van der Waals surface area contributed by atoms with Gasteiger partial charge in [0.2, 0.25) is 0 Å². The van der Waals surface area contributed by atoms with Crippen molar-refractivity contribution in [1.29, 1.82) is 0 Å². The molecule has 5 nitrogen and oxygen atoms in total. The standard InChI is InChI=1S/C18H27N3O2/c1-20(13-14-7-2-3-9-16(14)22)18(23)15-8-6-10-19-17(15)21-11-4-5-12-21/h6,8,10,14,16,22H,2-5,7,9,11-13H2,1H3. The van der Waals surface area contributed by atoms with Crippen LogP contribution in [-0.4, -0.2) is 53.7 Å². The highest BCUT2D eigenvalue weighted by molar-refractivity contribution is 5.98. The quantitative estimate of drug-likeness (QED) is 0.926. The first kappa shape index (κ1) is 16.2. The highest BCUT2D eigenvalue weighted by Crippen LogP contribution is 2.27. The summed E-state index contributed by atoms with van der Waals surface area (Å²) in [6.45, 7) is 2.57. The second kappa shape index (κ2) is 7.30. The molecule has 3 rings (SSSR count). The fourth-order valence-corrected chi connectivity index (χ4v) is 3.79. The molecule has 2 fully saturated rings. The van der Waals surface area contributed by atoms with E-state index in [-0.39, 0.29) is 17.9 Å². The Balaban J connectivity index is 1.72. The number of rotatable bonds is 4. The van der Waals surface area contributed by atoms with Crippen LogP contribution in [-0.2, 0) is 0 Å². The monoisotopic (exact) mass is 317 g/mol. The topological polar surface area (TPSA) is 56.7 Å². The Hall–Kier alpha value is -1.62. The minimum Gasteiger partial charge on any atom is -0.393 e. The summed E-state index contributed by atoms with van der Waals surface area (Å²) < 4.78 is 0. The maximum absolute atomic E-state index is 12.9. The van der Waals surface area contributed by atoms with E-state index in [9.17, 15) is 9.90 Å². The number of amides is 1. The van der Waals surface area contributed by atoms with Crippen molar-refractivity contribution in [3.63, 3.8) is 0 Å². The van der Waals surface area contributed by atoms with E-state index in [2.05, 4.69) is 9.88 Å². The van der Waals surface area contributed by atoms with Gasteiger partial charge in [-0.25, -0.2) is 4.98 Å². The summed E-state index contributed by atoms with van der Waals surface area (Å²) in [6, 6.07) is 3.70. The molecule has 0 bridgehead atoms. The first-order valence-electron chi connectivity index (χ1n) is 8.80. The molecule has 2 heterocycles. The fourth-order valence-electron chi connectivity index (χ4n) is 3.79. The Labute approximate surface area is 138 Å². The molecule has 2 atom stereocenters. The van der Waals surface area contributed by atoms with E-state index in [0.717, 1.165) is 57.4 Å². The smallest absolute Gasteiger partial charge is 0.257 e. The first-order valence-corrected chi connectivity index (χ1v) is 8.80. The lowest BCUT2D eigenvalue weighted by molar-refractivity contribution is 0.0451. The lowest BCUT2D eigenvalue weighted by Gasteiger charge is -2.31. The van der Waals surface area contributed by atoms with Crippen LogP contribution in [0.4, 0.5) is 5.82 Å². The lowest BCUT2D eigenvalue weighted by Crippen LogP contribution is -2.38. The van der Waals surface area contributed by atoms with Gasteiger partial charge < -0.3 is 14.9 Å². The average molecular weight is 317 g/mol. The second-order valence-corrected chi connectivity index (χ2v) is 6.87. The Morgan fingerprint density at radius 2 is 2.04 bits per heavy atom. The number of aliphatic hydroxyl groups excluding tert-OH is 1. The summed E-state index contributed by atoms with van der Waals surface area (Å²) in [7, 11) is 1.84. The summed E-state index contributed by atoms with van der Waals surface area (Å²) in [5.41, 5.74) is 0.683. The third-order valence-electron chi connectivity index (χ3n) is 5.15. The van der Waals surface area contributed by atoms with Crippen molar-refractivity contribution >= 4 is 11.7 Å². The van der Waals surface area contributed by atoms with Gasteiger partial charge in [0.05, 0.1) is 11.7 Å². The number of pyridine rings is 1. The molecule has 5 heteroatoms. The van der Waals surface area contributed by atoms with Crippen LogP contribution in [0.5, 0.6) is 0 Å². The Morgan fingerprint density at radius 1 is 1.30 bits per heavy atom. The number of aliphatic hydroxyl groups is 1. The van der Waals surface area contributed by atoms with Crippen LogP contribution in [0.15, 0.2) is 18.3 Å². The molecule has 126 valence electrons. The predicted molar refractivity (Wildman–Crippen MR) is 90.6 cm³/mol. The molecular formula is C18H27N3O2. The molecule has 2 aliphatic rings. The zero-order valence-corrected chi connectivity index (χ0v) is 13.9. The van der Waals surface area contributed by atoms with Crippen LogP contribution in [0.1, 0.15) is 48.9 Å². The molecule has 2 unspecified atom stereocenters. The molecule has 0 spiro atoms. The predicted octanol–water partition coefficient (Wildman–Crippen LogP) is 2.30. The molecule has 1 aliphatic carbocycles. The molecule has 1 amide bonds. The van der Waals surface area contributed by atoms with E-state index in [0.29, 0.717) is 12.1 Å².